The van der Waals surface area contributed by atoms with Gasteiger partial charge in [0.1, 0.15) is 0 Å². The minimum absolute atomic E-state index is 0.114. The molecule has 1 atom stereocenters. The Balaban J connectivity index is 2.17. The van der Waals surface area contributed by atoms with Gasteiger partial charge in [-0.15, -0.1) is 0 Å². The highest BCUT2D eigenvalue weighted by atomic mass is 16.4. The predicted molar refractivity (Wildman–Crippen MR) is 72.2 cm³/mol. The molecule has 1 aliphatic rings. The Morgan fingerprint density at radius 3 is 2.74 bits per heavy atom. The number of hydrogen-bond donors (Lipinski definition) is 3. The zero-order chi connectivity index (χ0) is 13.9. The molecule has 1 unspecified atom stereocenters. The van der Waals surface area contributed by atoms with Crippen LogP contribution in [0.1, 0.15) is 30.1 Å². The van der Waals surface area contributed by atoms with Crippen LogP contribution in [0.4, 0.5) is 5.69 Å². The molecule has 0 aromatic heterocycles. The fraction of sp³-hybridized carbons (Fsp3) is 0.429. The van der Waals surface area contributed by atoms with Crippen molar-refractivity contribution in [1.82, 2.24) is 5.32 Å². The third-order valence-electron chi connectivity index (χ3n) is 3.55. The molecule has 0 bridgehead atoms. The van der Waals surface area contributed by atoms with Gasteiger partial charge in [0.25, 0.3) is 0 Å². The summed E-state index contributed by atoms with van der Waals surface area (Å²) in [5.41, 5.74) is -0.0147. The van der Waals surface area contributed by atoms with E-state index in [-0.39, 0.29) is 11.5 Å². The molecule has 102 valence electrons. The van der Waals surface area contributed by atoms with Crippen LogP contribution in [0.15, 0.2) is 24.3 Å². The second kappa shape index (κ2) is 5.40. The first-order chi connectivity index (χ1) is 9.03. The molecule has 0 aliphatic carbocycles. The van der Waals surface area contributed by atoms with Crippen LogP contribution in [-0.2, 0) is 4.79 Å². The number of nitrogens with one attached hydrogen (secondary N) is 2. The molecule has 3 N–H and O–H groups in total. The summed E-state index contributed by atoms with van der Waals surface area (Å²) in [6.45, 7) is 3.44. The van der Waals surface area contributed by atoms with E-state index in [2.05, 4.69) is 10.6 Å². The number of piperidine rings is 1. The van der Waals surface area contributed by atoms with Crippen molar-refractivity contribution in [2.24, 2.45) is 5.41 Å². The lowest BCUT2D eigenvalue weighted by Gasteiger charge is -2.32. The molecule has 5 heteroatoms. The van der Waals surface area contributed by atoms with Crippen molar-refractivity contribution in [3.8, 4) is 0 Å². The number of rotatable bonds is 3. The zero-order valence-electron chi connectivity index (χ0n) is 10.9. The van der Waals surface area contributed by atoms with Gasteiger partial charge in [-0.1, -0.05) is 12.1 Å². The molecule has 0 saturated carbocycles. The van der Waals surface area contributed by atoms with Crippen LogP contribution >= 0.6 is 0 Å². The third kappa shape index (κ3) is 2.93. The lowest BCUT2D eigenvalue weighted by atomic mass is 9.82. The summed E-state index contributed by atoms with van der Waals surface area (Å²) >= 11 is 0. The predicted octanol–water partition coefficient (Wildman–Crippen LogP) is 1.71. The van der Waals surface area contributed by atoms with E-state index in [0.717, 1.165) is 19.4 Å². The van der Waals surface area contributed by atoms with Crippen molar-refractivity contribution in [3.63, 3.8) is 0 Å². The van der Waals surface area contributed by atoms with Crippen molar-refractivity contribution < 1.29 is 14.7 Å². The molecule has 0 spiro atoms. The Hall–Kier alpha value is -1.88. The molecule has 1 fully saturated rings. The highest BCUT2D eigenvalue weighted by Gasteiger charge is 2.35. The topological polar surface area (TPSA) is 78.4 Å². The highest BCUT2D eigenvalue weighted by molar-refractivity contribution is 6.02. The van der Waals surface area contributed by atoms with E-state index < -0.39 is 11.4 Å². The molecule has 1 amide bonds. The van der Waals surface area contributed by atoms with Gasteiger partial charge in [-0.3, -0.25) is 4.79 Å². The average molecular weight is 262 g/mol. The molecule has 0 radical (unpaired) electrons. The number of anilines is 1. The van der Waals surface area contributed by atoms with Crippen LogP contribution in [0.5, 0.6) is 0 Å². The standard InChI is InChI=1S/C14H18N2O3/c1-14(7-4-8-15-9-14)13(19)16-11-6-3-2-5-10(11)12(17)18/h2-3,5-6,15H,4,7-9H2,1H3,(H,16,19)(H,17,18). The molecule has 1 saturated heterocycles. The SMILES string of the molecule is CC1(C(=O)Nc2ccccc2C(=O)O)CCCNC1. The van der Waals surface area contributed by atoms with Crippen LogP contribution in [0.25, 0.3) is 0 Å². The first kappa shape index (κ1) is 13.5. The van der Waals surface area contributed by atoms with Gasteiger partial charge in [-0.05, 0) is 38.4 Å². The lowest BCUT2D eigenvalue weighted by Crippen LogP contribution is -2.46. The monoisotopic (exact) mass is 262 g/mol. The smallest absolute Gasteiger partial charge is 0.337 e. The molecule has 2 rings (SSSR count). The first-order valence-corrected chi connectivity index (χ1v) is 6.37. The Labute approximate surface area is 112 Å². The highest BCUT2D eigenvalue weighted by Crippen LogP contribution is 2.28. The van der Waals surface area contributed by atoms with Gasteiger partial charge >= 0.3 is 5.97 Å². The van der Waals surface area contributed by atoms with Gasteiger partial charge in [0.15, 0.2) is 0 Å². The molecule has 1 aliphatic heterocycles. The number of carbonyl (C=O) groups excluding carboxylic acids is 1. The fourth-order valence-corrected chi connectivity index (χ4v) is 2.30. The number of carboxylic acids is 1. The fourth-order valence-electron chi connectivity index (χ4n) is 2.30. The molecule has 19 heavy (non-hydrogen) atoms. The third-order valence-corrected chi connectivity index (χ3v) is 3.55. The zero-order valence-corrected chi connectivity index (χ0v) is 10.9. The number of aromatic carboxylic acids is 1. The summed E-state index contributed by atoms with van der Waals surface area (Å²) in [7, 11) is 0. The van der Waals surface area contributed by atoms with Crippen LogP contribution in [0.3, 0.4) is 0 Å². The molecular formula is C14H18N2O3. The van der Waals surface area contributed by atoms with Gasteiger partial charge in [0.2, 0.25) is 5.91 Å². The van der Waals surface area contributed by atoms with E-state index in [1.807, 2.05) is 6.92 Å². The summed E-state index contributed by atoms with van der Waals surface area (Å²) in [6.07, 6.45) is 1.76. The maximum absolute atomic E-state index is 12.3. The molecule has 5 nitrogen and oxygen atoms in total. The molecule has 1 heterocycles. The van der Waals surface area contributed by atoms with Gasteiger partial charge in [0.05, 0.1) is 16.7 Å². The van der Waals surface area contributed by atoms with Crippen LogP contribution < -0.4 is 10.6 Å². The van der Waals surface area contributed by atoms with Crippen molar-refractivity contribution in [3.05, 3.63) is 29.8 Å². The quantitative estimate of drug-likeness (QED) is 0.775. The number of amides is 1. The van der Waals surface area contributed by atoms with Gasteiger partial charge in [-0.25, -0.2) is 4.79 Å². The summed E-state index contributed by atoms with van der Waals surface area (Å²) < 4.78 is 0. The lowest BCUT2D eigenvalue weighted by molar-refractivity contribution is -0.125. The van der Waals surface area contributed by atoms with E-state index in [4.69, 9.17) is 5.11 Å². The Morgan fingerprint density at radius 1 is 1.37 bits per heavy atom. The second-order valence-electron chi connectivity index (χ2n) is 5.15. The average Bonchev–Trinajstić information content (AvgIpc) is 2.40. The van der Waals surface area contributed by atoms with Crippen LogP contribution in [-0.4, -0.2) is 30.1 Å². The van der Waals surface area contributed by atoms with Crippen molar-refractivity contribution >= 4 is 17.6 Å². The second-order valence-corrected chi connectivity index (χ2v) is 5.15. The minimum atomic E-state index is -1.04. The van der Waals surface area contributed by atoms with E-state index in [9.17, 15) is 9.59 Å². The van der Waals surface area contributed by atoms with Gasteiger partial charge in [0, 0.05) is 6.54 Å². The summed E-state index contributed by atoms with van der Waals surface area (Å²) in [4.78, 5) is 23.4. The van der Waals surface area contributed by atoms with E-state index in [1.165, 1.54) is 6.07 Å². The molecule has 1 aromatic rings. The van der Waals surface area contributed by atoms with Crippen molar-refractivity contribution in [1.29, 1.82) is 0 Å². The van der Waals surface area contributed by atoms with E-state index in [1.54, 1.807) is 18.2 Å². The summed E-state index contributed by atoms with van der Waals surface area (Å²) in [5.74, 6) is -1.17. The van der Waals surface area contributed by atoms with E-state index in [0.29, 0.717) is 12.2 Å². The number of hydrogen-bond acceptors (Lipinski definition) is 3. The maximum Gasteiger partial charge on any atom is 0.337 e. The Morgan fingerprint density at radius 2 is 2.11 bits per heavy atom. The van der Waals surface area contributed by atoms with Gasteiger partial charge < -0.3 is 15.7 Å². The number of para-hydroxylation sites is 1. The van der Waals surface area contributed by atoms with Crippen molar-refractivity contribution in [2.75, 3.05) is 18.4 Å². The molecular weight excluding hydrogens is 244 g/mol. The normalized spacial score (nSPS) is 22.8. The Kier molecular flexibility index (Phi) is 3.85. The van der Waals surface area contributed by atoms with E-state index >= 15 is 0 Å². The number of carboxylic acid groups (broad SMARTS) is 1. The molecule has 1 aromatic carbocycles. The summed E-state index contributed by atoms with van der Waals surface area (Å²) in [5, 5.41) is 15.0. The Bertz CT molecular complexity index is 493. The van der Waals surface area contributed by atoms with Crippen LogP contribution in [0.2, 0.25) is 0 Å². The number of benzene rings is 1. The number of carbonyl (C=O) groups is 2. The van der Waals surface area contributed by atoms with Crippen molar-refractivity contribution in [2.45, 2.75) is 19.8 Å². The summed E-state index contributed by atoms with van der Waals surface area (Å²) in [6, 6.07) is 6.45. The largest absolute Gasteiger partial charge is 0.478 e. The minimum Gasteiger partial charge on any atom is -0.478 e. The van der Waals surface area contributed by atoms with Crippen LogP contribution in [0, 0.1) is 5.41 Å². The van der Waals surface area contributed by atoms with Gasteiger partial charge in [-0.2, -0.15) is 0 Å². The maximum atomic E-state index is 12.3. The first-order valence-electron chi connectivity index (χ1n) is 6.37.